The Balaban J connectivity index is 1.87. The first-order chi connectivity index (χ1) is 9.36. The number of sulfonamides is 1. The van der Waals surface area contributed by atoms with Crippen LogP contribution in [0.15, 0.2) is 6.07 Å². The maximum Gasteiger partial charge on any atom is 0.211 e. The van der Waals surface area contributed by atoms with Gasteiger partial charge in [-0.15, -0.1) is 0 Å². The van der Waals surface area contributed by atoms with Crippen LogP contribution in [0.25, 0.3) is 0 Å². The molecule has 0 atom stereocenters. The van der Waals surface area contributed by atoms with Crippen LogP contribution in [0.2, 0.25) is 0 Å². The molecule has 2 rings (SSSR count). The zero-order valence-corrected chi connectivity index (χ0v) is 13.4. The first kappa shape index (κ1) is 15.5. The molecule has 0 aliphatic carbocycles. The molecule has 6 nitrogen and oxygen atoms in total. The molecule has 0 bridgehead atoms. The fraction of sp³-hybridized carbons (Fsp3) is 0.769. The van der Waals surface area contributed by atoms with Gasteiger partial charge in [0.05, 0.1) is 18.5 Å². The van der Waals surface area contributed by atoms with E-state index in [1.807, 2.05) is 11.6 Å². The summed E-state index contributed by atoms with van der Waals surface area (Å²) in [5, 5.41) is 4.46. The molecular weight excluding hydrogens is 276 g/mol. The van der Waals surface area contributed by atoms with Gasteiger partial charge in [0.15, 0.2) is 0 Å². The van der Waals surface area contributed by atoms with Gasteiger partial charge in [0, 0.05) is 31.9 Å². The van der Waals surface area contributed by atoms with Gasteiger partial charge in [0.2, 0.25) is 10.0 Å². The molecule has 1 aliphatic rings. The van der Waals surface area contributed by atoms with E-state index in [4.69, 9.17) is 0 Å². The molecule has 20 heavy (non-hydrogen) atoms. The van der Waals surface area contributed by atoms with Crippen molar-refractivity contribution in [3.05, 3.63) is 17.5 Å². The van der Waals surface area contributed by atoms with Crippen LogP contribution in [0.4, 0.5) is 0 Å². The first-order valence-electron chi connectivity index (χ1n) is 7.05. The van der Waals surface area contributed by atoms with Crippen LogP contribution >= 0.6 is 0 Å². The molecule has 1 fully saturated rings. The van der Waals surface area contributed by atoms with Crippen LogP contribution in [0.3, 0.4) is 0 Å². The number of hydrogen-bond donors (Lipinski definition) is 0. The summed E-state index contributed by atoms with van der Waals surface area (Å²) in [6, 6.07) is 2.08. The van der Waals surface area contributed by atoms with E-state index < -0.39 is 10.0 Å². The highest BCUT2D eigenvalue weighted by Crippen LogP contribution is 2.08. The van der Waals surface area contributed by atoms with E-state index in [1.54, 1.807) is 4.31 Å². The highest BCUT2D eigenvalue weighted by molar-refractivity contribution is 7.88. The largest absolute Gasteiger partial charge is 0.300 e. The molecule has 0 amide bonds. The summed E-state index contributed by atoms with van der Waals surface area (Å²) in [6.45, 7) is 8.81. The Bertz CT molecular complexity index is 553. The van der Waals surface area contributed by atoms with Gasteiger partial charge in [-0.1, -0.05) is 0 Å². The Kier molecular flexibility index (Phi) is 4.82. The molecule has 0 saturated carbocycles. The van der Waals surface area contributed by atoms with Crippen LogP contribution in [-0.2, 0) is 16.6 Å². The molecule has 0 N–H and O–H groups in total. The second-order valence-corrected chi connectivity index (χ2v) is 7.49. The molecule has 1 aromatic rings. The van der Waals surface area contributed by atoms with Crippen molar-refractivity contribution in [2.75, 3.05) is 39.0 Å². The zero-order chi connectivity index (χ0) is 14.8. The number of rotatable bonds is 4. The second kappa shape index (κ2) is 6.24. The summed E-state index contributed by atoms with van der Waals surface area (Å²) < 4.78 is 26.7. The second-order valence-electron chi connectivity index (χ2n) is 5.51. The summed E-state index contributed by atoms with van der Waals surface area (Å²) in [6.07, 6.45) is 2.18. The Morgan fingerprint density at radius 3 is 2.50 bits per heavy atom. The summed E-state index contributed by atoms with van der Waals surface area (Å²) >= 11 is 0. The maximum absolute atomic E-state index is 11.6. The minimum atomic E-state index is -3.05. The Labute approximate surface area is 121 Å². The smallest absolute Gasteiger partial charge is 0.211 e. The van der Waals surface area contributed by atoms with Crippen LogP contribution in [0.5, 0.6) is 0 Å². The van der Waals surface area contributed by atoms with Crippen molar-refractivity contribution >= 4 is 10.0 Å². The molecule has 7 heteroatoms. The monoisotopic (exact) mass is 300 g/mol. The summed E-state index contributed by atoms with van der Waals surface area (Å²) in [5.74, 6) is 0. The van der Waals surface area contributed by atoms with Crippen molar-refractivity contribution in [1.29, 1.82) is 0 Å². The Morgan fingerprint density at radius 2 is 1.90 bits per heavy atom. The van der Waals surface area contributed by atoms with Gasteiger partial charge in [-0.2, -0.15) is 5.10 Å². The highest BCUT2D eigenvalue weighted by atomic mass is 32.2. The van der Waals surface area contributed by atoms with Crippen LogP contribution in [0, 0.1) is 13.8 Å². The molecule has 1 saturated heterocycles. The molecule has 0 aromatic carbocycles. The predicted molar refractivity (Wildman–Crippen MR) is 79.2 cm³/mol. The zero-order valence-electron chi connectivity index (χ0n) is 12.5. The van der Waals surface area contributed by atoms with E-state index in [2.05, 4.69) is 23.0 Å². The molecular formula is C13H24N4O2S. The average molecular weight is 300 g/mol. The highest BCUT2D eigenvalue weighted by Gasteiger charge is 2.21. The van der Waals surface area contributed by atoms with E-state index in [0.717, 1.165) is 38.3 Å². The quantitative estimate of drug-likeness (QED) is 0.811. The van der Waals surface area contributed by atoms with Gasteiger partial charge in [0.25, 0.3) is 0 Å². The normalized spacial score (nSPS) is 19.1. The van der Waals surface area contributed by atoms with Crippen molar-refractivity contribution in [1.82, 2.24) is 19.0 Å². The van der Waals surface area contributed by atoms with Gasteiger partial charge in [-0.25, -0.2) is 12.7 Å². The Hall–Kier alpha value is -0.920. The van der Waals surface area contributed by atoms with Crippen LogP contribution in [0.1, 0.15) is 17.8 Å². The lowest BCUT2D eigenvalue weighted by Gasteiger charge is -2.20. The van der Waals surface area contributed by atoms with Gasteiger partial charge < -0.3 is 4.90 Å². The molecule has 2 heterocycles. The van der Waals surface area contributed by atoms with E-state index >= 15 is 0 Å². The molecule has 0 unspecified atom stereocenters. The van der Waals surface area contributed by atoms with Crippen molar-refractivity contribution in [2.45, 2.75) is 26.8 Å². The lowest BCUT2D eigenvalue weighted by atomic mass is 10.4. The van der Waals surface area contributed by atoms with E-state index in [-0.39, 0.29) is 0 Å². The minimum Gasteiger partial charge on any atom is -0.300 e. The number of aryl methyl sites for hydroxylation is 2. The van der Waals surface area contributed by atoms with Gasteiger partial charge in [-0.3, -0.25) is 4.68 Å². The van der Waals surface area contributed by atoms with Gasteiger partial charge in [-0.05, 0) is 32.9 Å². The van der Waals surface area contributed by atoms with E-state index in [0.29, 0.717) is 13.1 Å². The van der Waals surface area contributed by atoms with Crippen molar-refractivity contribution in [2.24, 2.45) is 0 Å². The van der Waals surface area contributed by atoms with E-state index in [9.17, 15) is 8.42 Å². The molecule has 1 aromatic heterocycles. The minimum absolute atomic E-state index is 0.593. The molecule has 114 valence electrons. The topological polar surface area (TPSA) is 58.4 Å². The van der Waals surface area contributed by atoms with Crippen LogP contribution in [-0.4, -0.2) is 66.4 Å². The SMILES string of the molecule is Cc1cc(C)n(CCN2CCCN(S(C)(=O)=O)CC2)n1. The standard InChI is InChI=1S/C13H24N4O2S/c1-12-11-13(2)17(14-12)10-8-15-5-4-6-16(9-7-15)20(3,18)19/h11H,4-10H2,1-3H3. The lowest BCUT2D eigenvalue weighted by molar-refractivity contribution is 0.269. The summed E-state index contributed by atoms with van der Waals surface area (Å²) in [7, 11) is -3.05. The Morgan fingerprint density at radius 1 is 1.15 bits per heavy atom. The fourth-order valence-electron chi connectivity index (χ4n) is 2.64. The molecule has 1 aliphatic heterocycles. The van der Waals surface area contributed by atoms with Gasteiger partial charge >= 0.3 is 0 Å². The number of nitrogens with zero attached hydrogens (tertiary/aromatic N) is 4. The van der Waals surface area contributed by atoms with Crippen molar-refractivity contribution in [3.8, 4) is 0 Å². The van der Waals surface area contributed by atoms with Crippen molar-refractivity contribution in [3.63, 3.8) is 0 Å². The van der Waals surface area contributed by atoms with Crippen LogP contribution < -0.4 is 0 Å². The lowest BCUT2D eigenvalue weighted by Crippen LogP contribution is -2.35. The first-order valence-corrected chi connectivity index (χ1v) is 8.89. The summed E-state index contributed by atoms with van der Waals surface area (Å²) in [4.78, 5) is 2.32. The van der Waals surface area contributed by atoms with E-state index in [1.165, 1.54) is 11.9 Å². The molecule has 0 radical (unpaired) electrons. The molecule has 0 spiro atoms. The third kappa shape index (κ3) is 4.04. The van der Waals surface area contributed by atoms with Crippen molar-refractivity contribution < 1.29 is 8.42 Å². The maximum atomic E-state index is 11.6. The number of aromatic nitrogens is 2. The predicted octanol–water partition coefficient (Wildman–Crippen LogP) is 0.467. The summed E-state index contributed by atoms with van der Waals surface area (Å²) in [5.41, 5.74) is 2.22. The number of hydrogen-bond acceptors (Lipinski definition) is 4. The average Bonchev–Trinajstić information content (AvgIpc) is 2.55. The fourth-order valence-corrected chi connectivity index (χ4v) is 3.51. The third-order valence-corrected chi connectivity index (χ3v) is 5.05. The third-order valence-electron chi connectivity index (χ3n) is 3.75. The van der Waals surface area contributed by atoms with Gasteiger partial charge in [0.1, 0.15) is 0 Å².